The monoisotopic (exact) mass is 246 g/mol. The molecule has 2 rings (SSSR count). The van der Waals surface area contributed by atoms with Crippen molar-refractivity contribution in [1.29, 1.82) is 0 Å². The fourth-order valence-corrected chi connectivity index (χ4v) is 3.02. The molecular weight excluding hydrogens is 220 g/mol. The van der Waals surface area contributed by atoms with Gasteiger partial charge in [0.15, 0.2) is 0 Å². The first-order valence-corrected chi connectivity index (χ1v) is 7.15. The molecule has 3 N–H and O–H groups in total. The molecule has 2 heteroatoms. The molecule has 1 aliphatic carbocycles. The average molecular weight is 246 g/mol. The Hall–Kier alpha value is -0.860. The van der Waals surface area contributed by atoms with Gasteiger partial charge in [-0.1, -0.05) is 25.0 Å². The van der Waals surface area contributed by atoms with Crippen LogP contribution in [0.15, 0.2) is 12.1 Å². The summed E-state index contributed by atoms with van der Waals surface area (Å²) in [6.45, 7) is 7.23. The normalized spacial score (nSPS) is 18.2. The van der Waals surface area contributed by atoms with E-state index < -0.39 is 0 Å². The lowest BCUT2D eigenvalue weighted by atomic mass is 9.95. The first kappa shape index (κ1) is 13.6. The molecule has 0 amide bonds. The molecule has 1 aromatic rings. The molecule has 1 unspecified atom stereocenters. The van der Waals surface area contributed by atoms with Gasteiger partial charge in [0.25, 0.3) is 0 Å². The molecular formula is C16H26N2. The molecule has 0 aliphatic heterocycles. The van der Waals surface area contributed by atoms with Crippen molar-refractivity contribution in [2.24, 2.45) is 5.73 Å². The molecule has 0 spiro atoms. The number of benzene rings is 1. The molecule has 1 aromatic carbocycles. The van der Waals surface area contributed by atoms with Gasteiger partial charge in [0.05, 0.1) is 0 Å². The van der Waals surface area contributed by atoms with Crippen molar-refractivity contribution in [3.8, 4) is 0 Å². The van der Waals surface area contributed by atoms with Crippen molar-refractivity contribution in [3.05, 3.63) is 34.4 Å². The number of rotatable bonds is 4. The van der Waals surface area contributed by atoms with Gasteiger partial charge >= 0.3 is 0 Å². The Labute approximate surface area is 111 Å². The average Bonchev–Trinajstić information content (AvgIpc) is 2.84. The summed E-state index contributed by atoms with van der Waals surface area (Å²) in [5.41, 5.74) is 11.5. The van der Waals surface area contributed by atoms with Gasteiger partial charge in [-0.15, -0.1) is 0 Å². The lowest BCUT2D eigenvalue weighted by Crippen LogP contribution is -2.35. The van der Waals surface area contributed by atoms with Gasteiger partial charge in [0, 0.05) is 18.6 Å². The minimum Gasteiger partial charge on any atom is -0.329 e. The molecule has 1 atom stereocenters. The van der Waals surface area contributed by atoms with Crippen LogP contribution >= 0.6 is 0 Å². The SMILES string of the molecule is Cc1cc(C)c(C(CN)NC2CCCC2)cc1C. The van der Waals surface area contributed by atoms with Gasteiger partial charge < -0.3 is 11.1 Å². The summed E-state index contributed by atoms with van der Waals surface area (Å²) < 4.78 is 0. The Balaban J connectivity index is 2.18. The fourth-order valence-electron chi connectivity index (χ4n) is 3.02. The second kappa shape index (κ2) is 5.85. The maximum atomic E-state index is 5.98. The molecule has 100 valence electrons. The zero-order valence-electron chi connectivity index (χ0n) is 11.9. The first-order valence-electron chi connectivity index (χ1n) is 7.15. The van der Waals surface area contributed by atoms with E-state index in [1.165, 1.54) is 47.9 Å². The summed E-state index contributed by atoms with van der Waals surface area (Å²) in [5, 5.41) is 3.74. The van der Waals surface area contributed by atoms with Crippen LogP contribution in [-0.2, 0) is 0 Å². The molecule has 18 heavy (non-hydrogen) atoms. The lowest BCUT2D eigenvalue weighted by molar-refractivity contribution is 0.443. The van der Waals surface area contributed by atoms with Gasteiger partial charge in [0.1, 0.15) is 0 Å². The lowest BCUT2D eigenvalue weighted by Gasteiger charge is -2.24. The molecule has 1 saturated carbocycles. The van der Waals surface area contributed by atoms with Crippen molar-refractivity contribution < 1.29 is 0 Å². The van der Waals surface area contributed by atoms with Gasteiger partial charge in [-0.05, 0) is 55.9 Å². The van der Waals surface area contributed by atoms with Gasteiger partial charge in [-0.2, -0.15) is 0 Å². The van der Waals surface area contributed by atoms with Crippen LogP contribution in [0, 0.1) is 20.8 Å². The molecule has 0 bridgehead atoms. The van der Waals surface area contributed by atoms with E-state index in [0.29, 0.717) is 18.6 Å². The standard InChI is InChI=1S/C16H26N2/c1-11-8-13(3)15(9-12(11)2)16(10-17)18-14-6-4-5-7-14/h8-9,14,16,18H,4-7,10,17H2,1-3H3. The maximum absolute atomic E-state index is 5.98. The number of hydrogen-bond acceptors (Lipinski definition) is 2. The van der Waals surface area contributed by atoms with Gasteiger partial charge in [0.2, 0.25) is 0 Å². The fraction of sp³-hybridized carbons (Fsp3) is 0.625. The summed E-state index contributed by atoms with van der Waals surface area (Å²) >= 11 is 0. The van der Waals surface area contributed by atoms with Crippen LogP contribution in [0.25, 0.3) is 0 Å². The van der Waals surface area contributed by atoms with Crippen molar-refractivity contribution in [3.63, 3.8) is 0 Å². The highest BCUT2D eigenvalue weighted by Gasteiger charge is 2.20. The highest BCUT2D eigenvalue weighted by Crippen LogP contribution is 2.25. The smallest absolute Gasteiger partial charge is 0.0449 e. The third-order valence-electron chi connectivity index (χ3n) is 4.29. The summed E-state index contributed by atoms with van der Waals surface area (Å²) in [6.07, 6.45) is 5.34. The van der Waals surface area contributed by atoms with E-state index in [2.05, 4.69) is 38.2 Å². The van der Waals surface area contributed by atoms with Crippen molar-refractivity contribution >= 4 is 0 Å². The Morgan fingerprint density at radius 3 is 2.33 bits per heavy atom. The van der Waals surface area contributed by atoms with Crippen LogP contribution < -0.4 is 11.1 Å². The number of hydrogen-bond donors (Lipinski definition) is 2. The van der Waals surface area contributed by atoms with Crippen molar-refractivity contribution in [2.75, 3.05) is 6.54 Å². The van der Waals surface area contributed by atoms with E-state index in [9.17, 15) is 0 Å². The molecule has 0 aromatic heterocycles. The van der Waals surface area contributed by atoms with Crippen LogP contribution in [0.1, 0.15) is 54.0 Å². The van der Waals surface area contributed by atoms with E-state index in [-0.39, 0.29) is 0 Å². The second-order valence-corrected chi connectivity index (χ2v) is 5.73. The minimum atomic E-state index is 0.312. The molecule has 0 saturated heterocycles. The Morgan fingerprint density at radius 1 is 1.11 bits per heavy atom. The first-order chi connectivity index (χ1) is 8.61. The summed E-state index contributed by atoms with van der Waals surface area (Å²) in [7, 11) is 0. The van der Waals surface area contributed by atoms with Crippen molar-refractivity contribution in [2.45, 2.75) is 58.5 Å². The molecule has 0 radical (unpaired) electrons. The zero-order valence-corrected chi connectivity index (χ0v) is 11.9. The topological polar surface area (TPSA) is 38.0 Å². The predicted octanol–water partition coefficient (Wildman–Crippen LogP) is 3.14. The number of nitrogens with two attached hydrogens (primary N) is 1. The molecule has 0 heterocycles. The van der Waals surface area contributed by atoms with E-state index in [0.717, 1.165) is 0 Å². The third-order valence-corrected chi connectivity index (χ3v) is 4.29. The van der Waals surface area contributed by atoms with Crippen LogP contribution in [-0.4, -0.2) is 12.6 Å². The Morgan fingerprint density at radius 2 is 1.72 bits per heavy atom. The van der Waals surface area contributed by atoms with Crippen molar-refractivity contribution in [1.82, 2.24) is 5.32 Å². The highest BCUT2D eigenvalue weighted by molar-refractivity contribution is 5.38. The quantitative estimate of drug-likeness (QED) is 0.856. The predicted molar refractivity (Wildman–Crippen MR) is 77.8 cm³/mol. The summed E-state index contributed by atoms with van der Waals surface area (Å²) in [4.78, 5) is 0. The molecule has 1 aliphatic rings. The summed E-state index contributed by atoms with van der Waals surface area (Å²) in [5.74, 6) is 0. The molecule has 1 fully saturated rings. The Kier molecular flexibility index (Phi) is 4.41. The number of nitrogens with one attached hydrogen (secondary N) is 1. The summed E-state index contributed by atoms with van der Waals surface area (Å²) in [6, 6.07) is 5.57. The Bertz CT molecular complexity index is 406. The van der Waals surface area contributed by atoms with E-state index in [1.807, 2.05) is 0 Å². The van der Waals surface area contributed by atoms with E-state index in [1.54, 1.807) is 0 Å². The minimum absolute atomic E-state index is 0.312. The van der Waals surface area contributed by atoms with Crippen LogP contribution in [0.5, 0.6) is 0 Å². The van der Waals surface area contributed by atoms with Gasteiger partial charge in [-0.3, -0.25) is 0 Å². The van der Waals surface area contributed by atoms with Crippen LogP contribution in [0.3, 0.4) is 0 Å². The van der Waals surface area contributed by atoms with E-state index in [4.69, 9.17) is 5.73 Å². The molecule has 2 nitrogen and oxygen atoms in total. The third kappa shape index (κ3) is 2.93. The van der Waals surface area contributed by atoms with E-state index >= 15 is 0 Å². The second-order valence-electron chi connectivity index (χ2n) is 5.73. The number of aryl methyl sites for hydroxylation is 3. The highest BCUT2D eigenvalue weighted by atomic mass is 15.0. The van der Waals surface area contributed by atoms with Gasteiger partial charge in [-0.25, -0.2) is 0 Å². The largest absolute Gasteiger partial charge is 0.329 e. The van der Waals surface area contributed by atoms with Crippen LogP contribution in [0.2, 0.25) is 0 Å². The zero-order chi connectivity index (χ0) is 13.1. The maximum Gasteiger partial charge on any atom is 0.0449 e. The van der Waals surface area contributed by atoms with Crippen LogP contribution in [0.4, 0.5) is 0 Å².